The Bertz CT molecular complexity index is 782. The Morgan fingerprint density at radius 2 is 1.82 bits per heavy atom. The van der Waals surface area contributed by atoms with Gasteiger partial charge in [-0.15, -0.1) is 0 Å². The van der Waals surface area contributed by atoms with Crippen LogP contribution in [0.25, 0.3) is 10.9 Å². The summed E-state index contributed by atoms with van der Waals surface area (Å²) in [6.45, 7) is 9.16. The van der Waals surface area contributed by atoms with Gasteiger partial charge in [0.05, 0.1) is 6.04 Å². The van der Waals surface area contributed by atoms with Gasteiger partial charge in [-0.25, -0.2) is 0 Å². The summed E-state index contributed by atoms with van der Waals surface area (Å²) in [5.74, 6) is 0.191. The molecule has 0 radical (unpaired) electrons. The van der Waals surface area contributed by atoms with Gasteiger partial charge in [0.1, 0.15) is 0 Å². The molecule has 0 spiro atoms. The molecule has 1 atom stereocenters. The number of carbonyl (C=O) groups is 1. The van der Waals surface area contributed by atoms with Gasteiger partial charge < -0.3 is 9.47 Å². The van der Waals surface area contributed by atoms with Crippen LogP contribution in [0, 0.1) is 6.92 Å². The zero-order chi connectivity index (χ0) is 16.0. The lowest BCUT2D eigenvalue weighted by Gasteiger charge is -2.27. The lowest BCUT2D eigenvalue weighted by atomic mass is 9.96. The summed E-state index contributed by atoms with van der Waals surface area (Å²) in [4.78, 5) is 14.6. The zero-order valence-electron chi connectivity index (χ0n) is 14.1. The van der Waals surface area contributed by atoms with E-state index in [4.69, 9.17) is 0 Å². The highest BCUT2D eigenvalue weighted by Crippen LogP contribution is 2.42. The minimum absolute atomic E-state index is 0.0820. The highest BCUT2D eigenvalue weighted by Gasteiger charge is 2.37. The number of rotatable bonds is 3. The summed E-state index contributed by atoms with van der Waals surface area (Å²) in [6.07, 6.45) is 0.979. The fraction of sp³-hybridized carbons (Fsp3) is 0.421. The molecule has 1 aliphatic heterocycles. The molecule has 116 valence electrons. The molecule has 3 heteroatoms. The summed E-state index contributed by atoms with van der Waals surface area (Å²) >= 11 is 0. The van der Waals surface area contributed by atoms with Crippen molar-refractivity contribution in [3.05, 3.63) is 46.7 Å². The molecule has 1 aliphatic rings. The maximum absolute atomic E-state index is 12.6. The summed E-state index contributed by atoms with van der Waals surface area (Å²) < 4.78 is 2.24. The smallest absolute Gasteiger partial charge is 0.250 e. The normalized spacial score (nSPS) is 18.9. The number of carbonyl (C=O) groups excluding carboxylic acids is 1. The molecule has 3 rings (SSSR count). The van der Waals surface area contributed by atoms with E-state index in [1.807, 2.05) is 11.8 Å². The first kappa shape index (κ1) is 14.9. The molecular weight excluding hydrogens is 272 g/mol. The Labute approximate surface area is 132 Å². The van der Waals surface area contributed by atoms with Gasteiger partial charge in [-0.2, -0.15) is 0 Å². The van der Waals surface area contributed by atoms with Gasteiger partial charge in [0.25, 0.3) is 0 Å². The first-order valence-electron chi connectivity index (χ1n) is 8.01. The van der Waals surface area contributed by atoms with Crippen LogP contribution in [0.4, 0.5) is 0 Å². The second-order valence-electron chi connectivity index (χ2n) is 6.28. The van der Waals surface area contributed by atoms with E-state index in [0.717, 1.165) is 18.5 Å². The van der Waals surface area contributed by atoms with Crippen LogP contribution in [-0.2, 0) is 11.8 Å². The minimum Gasteiger partial charge on any atom is -0.348 e. The molecule has 0 aliphatic carbocycles. The van der Waals surface area contributed by atoms with E-state index in [9.17, 15) is 4.79 Å². The average molecular weight is 296 g/mol. The Morgan fingerprint density at radius 1 is 1.14 bits per heavy atom. The number of aryl methyl sites for hydroxylation is 1. The highest BCUT2D eigenvalue weighted by atomic mass is 16.2. The van der Waals surface area contributed by atoms with Crippen LogP contribution in [0.3, 0.4) is 0 Å². The predicted molar refractivity (Wildman–Crippen MR) is 90.8 cm³/mol. The third kappa shape index (κ3) is 1.92. The van der Waals surface area contributed by atoms with Crippen LogP contribution in [0.15, 0.2) is 35.4 Å². The predicted octanol–water partition coefficient (Wildman–Crippen LogP) is 4.12. The van der Waals surface area contributed by atoms with Crippen LogP contribution in [0.1, 0.15) is 44.5 Å². The third-order valence-electron chi connectivity index (χ3n) is 5.08. The van der Waals surface area contributed by atoms with Crippen molar-refractivity contribution in [2.75, 3.05) is 6.54 Å². The van der Waals surface area contributed by atoms with Crippen molar-refractivity contribution in [3.8, 4) is 0 Å². The number of hydrogen-bond donors (Lipinski definition) is 0. The molecular formula is C19H24N2O. The lowest BCUT2D eigenvalue weighted by Crippen LogP contribution is -2.31. The fourth-order valence-electron chi connectivity index (χ4n) is 3.68. The van der Waals surface area contributed by atoms with Crippen LogP contribution in [0.2, 0.25) is 0 Å². The Kier molecular flexibility index (Phi) is 3.59. The molecule has 0 saturated carbocycles. The molecule has 2 heterocycles. The summed E-state index contributed by atoms with van der Waals surface area (Å²) in [5, 5.41) is 1.26. The standard InChI is InChI=1S/C19H24N2O/c1-6-11-21-18(12(2)13(3)19(21)22)17-14(4)20(5)16-10-8-7-9-15(16)17/h7-10,18H,6,11H2,1-5H3/t18-/m1/s1. The van der Waals surface area contributed by atoms with Crippen molar-refractivity contribution in [2.45, 2.75) is 40.2 Å². The number of amides is 1. The minimum atomic E-state index is 0.0820. The lowest BCUT2D eigenvalue weighted by molar-refractivity contribution is -0.127. The number of nitrogens with zero attached hydrogens (tertiary/aromatic N) is 2. The van der Waals surface area contributed by atoms with Crippen molar-refractivity contribution >= 4 is 16.8 Å². The van der Waals surface area contributed by atoms with E-state index >= 15 is 0 Å². The van der Waals surface area contributed by atoms with Gasteiger partial charge in [-0.3, -0.25) is 4.79 Å². The maximum atomic E-state index is 12.6. The summed E-state index contributed by atoms with van der Waals surface area (Å²) in [5.41, 5.74) is 5.86. The second-order valence-corrected chi connectivity index (χ2v) is 6.28. The van der Waals surface area contributed by atoms with Crippen molar-refractivity contribution < 1.29 is 4.79 Å². The molecule has 1 aromatic carbocycles. The quantitative estimate of drug-likeness (QED) is 0.836. The second kappa shape index (κ2) is 5.31. The monoisotopic (exact) mass is 296 g/mol. The topological polar surface area (TPSA) is 25.2 Å². The average Bonchev–Trinajstić information content (AvgIpc) is 2.88. The molecule has 0 saturated heterocycles. The van der Waals surface area contributed by atoms with Crippen LogP contribution in [-0.4, -0.2) is 21.9 Å². The number of para-hydroxylation sites is 1. The number of aromatic nitrogens is 1. The van der Waals surface area contributed by atoms with Gasteiger partial charge in [0.15, 0.2) is 0 Å². The van der Waals surface area contributed by atoms with Crippen molar-refractivity contribution in [1.29, 1.82) is 0 Å². The van der Waals surface area contributed by atoms with Crippen molar-refractivity contribution in [2.24, 2.45) is 7.05 Å². The molecule has 22 heavy (non-hydrogen) atoms. The van der Waals surface area contributed by atoms with Gasteiger partial charge >= 0.3 is 0 Å². The number of hydrogen-bond acceptors (Lipinski definition) is 1. The molecule has 1 amide bonds. The summed E-state index contributed by atoms with van der Waals surface area (Å²) in [7, 11) is 2.11. The van der Waals surface area contributed by atoms with Crippen LogP contribution in [0.5, 0.6) is 0 Å². The largest absolute Gasteiger partial charge is 0.348 e. The summed E-state index contributed by atoms with van der Waals surface area (Å²) in [6, 6.07) is 8.56. The molecule has 2 aromatic rings. The van der Waals surface area contributed by atoms with Gasteiger partial charge in [0.2, 0.25) is 5.91 Å². The van der Waals surface area contributed by atoms with E-state index in [-0.39, 0.29) is 11.9 Å². The first-order valence-corrected chi connectivity index (χ1v) is 8.01. The van der Waals surface area contributed by atoms with E-state index in [1.165, 1.54) is 27.7 Å². The molecule has 0 unspecified atom stereocenters. The highest BCUT2D eigenvalue weighted by molar-refractivity contribution is 5.98. The van der Waals surface area contributed by atoms with Crippen molar-refractivity contribution in [3.63, 3.8) is 0 Å². The van der Waals surface area contributed by atoms with Gasteiger partial charge in [-0.1, -0.05) is 25.1 Å². The van der Waals surface area contributed by atoms with Gasteiger partial charge in [-0.05, 0) is 38.8 Å². The van der Waals surface area contributed by atoms with E-state index in [0.29, 0.717) is 0 Å². The zero-order valence-corrected chi connectivity index (χ0v) is 14.1. The Hall–Kier alpha value is -2.03. The SMILES string of the molecule is CCCN1C(=O)C(C)=C(C)[C@@H]1c1c(C)n(C)c2ccccc12. The molecule has 1 aromatic heterocycles. The Balaban J connectivity index is 2.26. The van der Waals surface area contributed by atoms with E-state index in [2.05, 4.69) is 56.7 Å². The first-order chi connectivity index (χ1) is 10.5. The number of benzene rings is 1. The molecule has 0 fully saturated rings. The fourth-order valence-corrected chi connectivity index (χ4v) is 3.68. The van der Waals surface area contributed by atoms with Gasteiger partial charge in [0, 0.05) is 41.3 Å². The van der Waals surface area contributed by atoms with E-state index < -0.39 is 0 Å². The van der Waals surface area contributed by atoms with Crippen LogP contribution < -0.4 is 0 Å². The molecule has 0 N–H and O–H groups in total. The number of fused-ring (bicyclic) bond motifs is 1. The Morgan fingerprint density at radius 3 is 2.50 bits per heavy atom. The van der Waals surface area contributed by atoms with E-state index in [1.54, 1.807) is 0 Å². The molecule has 3 nitrogen and oxygen atoms in total. The third-order valence-corrected chi connectivity index (χ3v) is 5.08. The maximum Gasteiger partial charge on any atom is 0.250 e. The van der Waals surface area contributed by atoms with Crippen LogP contribution >= 0.6 is 0 Å². The molecule has 0 bridgehead atoms. The van der Waals surface area contributed by atoms with Crippen molar-refractivity contribution in [1.82, 2.24) is 9.47 Å².